The van der Waals surface area contributed by atoms with Crippen LogP contribution >= 0.6 is 0 Å². The summed E-state index contributed by atoms with van der Waals surface area (Å²) >= 11 is 0. The van der Waals surface area contributed by atoms with Crippen LogP contribution in [0.3, 0.4) is 0 Å². The van der Waals surface area contributed by atoms with Crippen LogP contribution in [0.5, 0.6) is 0 Å². The molecule has 1 aliphatic heterocycles. The van der Waals surface area contributed by atoms with Gasteiger partial charge in [0.15, 0.2) is 0 Å². The van der Waals surface area contributed by atoms with E-state index in [0.717, 1.165) is 0 Å². The van der Waals surface area contributed by atoms with Gasteiger partial charge in [-0.25, -0.2) is 9.37 Å². The van der Waals surface area contributed by atoms with Crippen LogP contribution in [-0.2, 0) is 16.1 Å². The summed E-state index contributed by atoms with van der Waals surface area (Å²) in [6.45, 7) is 0.818. The van der Waals surface area contributed by atoms with Gasteiger partial charge in [-0.15, -0.1) is 0 Å². The number of ketones is 1. The molecule has 3 aromatic rings. The molecule has 30 heavy (non-hydrogen) atoms. The van der Waals surface area contributed by atoms with Gasteiger partial charge in [0.1, 0.15) is 11.6 Å². The number of Topliss-reactive ketones (excluding diaryl/α,β-unsaturated/α-hetero) is 1. The number of nitrogens with zero attached hydrogens (tertiary/aromatic N) is 3. The summed E-state index contributed by atoms with van der Waals surface area (Å²) in [5.41, 5.74) is 0.478. The van der Waals surface area contributed by atoms with Gasteiger partial charge in [0.2, 0.25) is 0 Å². The zero-order valence-electron chi connectivity index (χ0n) is 16.1. The number of hydrogen-bond donors (Lipinski definition) is 1. The number of aromatic nitrogens is 2. The molecule has 0 radical (unpaired) electrons. The molecule has 152 valence electrons. The van der Waals surface area contributed by atoms with E-state index >= 15 is 0 Å². The van der Waals surface area contributed by atoms with Gasteiger partial charge in [0, 0.05) is 36.6 Å². The predicted molar refractivity (Wildman–Crippen MR) is 109 cm³/mol. The molecule has 0 bridgehead atoms. The first-order valence-corrected chi connectivity index (χ1v) is 9.62. The zero-order chi connectivity index (χ0) is 21.1. The van der Waals surface area contributed by atoms with Crippen LogP contribution in [0.1, 0.15) is 23.6 Å². The minimum Gasteiger partial charge on any atom is -0.507 e. The molecule has 2 heterocycles. The fourth-order valence-electron chi connectivity index (χ4n) is 3.72. The summed E-state index contributed by atoms with van der Waals surface area (Å²) in [5.74, 6) is -2.40. The number of aliphatic hydroxyl groups excluding tert-OH is 1. The fraction of sp³-hybridized carbons (Fsp3) is 0.174. The first kappa shape index (κ1) is 19.6. The van der Waals surface area contributed by atoms with Gasteiger partial charge in [-0.2, -0.15) is 0 Å². The van der Waals surface area contributed by atoms with E-state index in [-0.39, 0.29) is 23.4 Å². The third-order valence-corrected chi connectivity index (χ3v) is 5.16. The molecule has 1 fully saturated rings. The highest BCUT2D eigenvalue weighted by molar-refractivity contribution is 6.46. The molecular formula is C23H20FN3O3. The normalized spacial score (nSPS) is 18.2. The third-order valence-electron chi connectivity index (χ3n) is 5.16. The Morgan fingerprint density at radius 3 is 2.47 bits per heavy atom. The lowest BCUT2D eigenvalue weighted by molar-refractivity contribution is -0.140. The van der Waals surface area contributed by atoms with Crippen LogP contribution in [0.15, 0.2) is 78.9 Å². The van der Waals surface area contributed by atoms with E-state index in [1.807, 2.05) is 4.57 Å². The van der Waals surface area contributed by atoms with Gasteiger partial charge in [-0.3, -0.25) is 9.59 Å². The number of benzene rings is 2. The molecule has 2 aromatic carbocycles. The number of aliphatic hydroxyl groups is 1. The summed E-state index contributed by atoms with van der Waals surface area (Å²) < 4.78 is 16.5. The molecule has 0 spiro atoms. The standard InChI is InChI=1S/C23H20FN3O3/c24-18-10-5-4-9-17(18)20-19(21(28)16-7-2-1-3-8-16)22(29)23(30)27(20)13-6-12-26-14-11-25-15-26/h1-5,7-11,14-15,20,28H,6,12-13H2. The molecule has 0 saturated carbocycles. The monoisotopic (exact) mass is 405 g/mol. The second-order valence-corrected chi connectivity index (χ2v) is 7.03. The lowest BCUT2D eigenvalue weighted by Gasteiger charge is -2.25. The number of carbonyl (C=O) groups excluding carboxylic acids is 2. The summed E-state index contributed by atoms with van der Waals surface area (Å²) in [6.07, 6.45) is 5.67. The maximum absolute atomic E-state index is 14.7. The van der Waals surface area contributed by atoms with Crippen molar-refractivity contribution < 1.29 is 19.1 Å². The molecule has 7 heteroatoms. The van der Waals surface area contributed by atoms with Crippen molar-refractivity contribution in [1.29, 1.82) is 0 Å². The number of hydrogen-bond acceptors (Lipinski definition) is 4. The second kappa shape index (κ2) is 8.32. The van der Waals surface area contributed by atoms with Crippen LogP contribution in [0.4, 0.5) is 4.39 Å². The quantitative estimate of drug-likeness (QED) is 0.387. The number of halogens is 1. The van der Waals surface area contributed by atoms with E-state index in [9.17, 15) is 19.1 Å². The number of amides is 1. The lowest BCUT2D eigenvalue weighted by Crippen LogP contribution is -2.31. The number of carbonyl (C=O) groups is 2. The van der Waals surface area contributed by atoms with E-state index < -0.39 is 23.5 Å². The molecule has 1 N–H and O–H groups in total. The number of rotatable bonds is 6. The van der Waals surface area contributed by atoms with Crippen molar-refractivity contribution in [3.8, 4) is 0 Å². The largest absolute Gasteiger partial charge is 0.507 e. The van der Waals surface area contributed by atoms with Gasteiger partial charge >= 0.3 is 0 Å². The van der Waals surface area contributed by atoms with E-state index in [1.165, 1.54) is 17.0 Å². The molecule has 1 aromatic heterocycles. The van der Waals surface area contributed by atoms with Crippen molar-refractivity contribution in [3.63, 3.8) is 0 Å². The topological polar surface area (TPSA) is 75.4 Å². The maximum Gasteiger partial charge on any atom is 0.295 e. The summed E-state index contributed by atoms with van der Waals surface area (Å²) in [7, 11) is 0. The number of likely N-dealkylation sites (tertiary alicyclic amines) is 1. The van der Waals surface area contributed by atoms with Gasteiger partial charge in [-0.1, -0.05) is 48.5 Å². The summed E-state index contributed by atoms with van der Waals surface area (Å²) in [5, 5.41) is 10.9. The van der Waals surface area contributed by atoms with Crippen molar-refractivity contribution >= 4 is 17.4 Å². The van der Waals surface area contributed by atoms with Gasteiger partial charge < -0.3 is 14.6 Å². The first-order valence-electron chi connectivity index (χ1n) is 9.62. The Hall–Kier alpha value is -3.74. The Kier molecular flexibility index (Phi) is 5.43. The van der Waals surface area contributed by atoms with Crippen LogP contribution < -0.4 is 0 Å². The molecule has 1 atom stereocenters. The Morgan fingerprint density at radius 1 is 1.03 bits per heavy atom. The molecule has 0 aliphatic carbocycles. The molecule has 1 aliphatic rings. The van der Waals surface area contributed by atoms with Crippen molar-refractivity contribution in [1.82, 2.24) is 14.5 Å². The van der Waals surface area contributed by atoms with Crippen molar-refractivity contribution in [2.24, 2.45) is 0 Å². The van der Waals surface area contributed by atoms with Gasteiger partial charge in [0.25, 0.3) is 11.7 Å². The van der Waals surface area contributed by atoms with Crippen LogP contribution in [0, 0.1) is 5.82 Å². The lowest BCUT2D eigenvalue weighted by atomic mass is 9.95. The average molecular weight is 405 g/mol. The van der Waals surface area contributed by atoms with Gasteiger partial charge in [-0.05, 0) is 12.5 Å². The minimum absolute atomic E-state index is 0.0982. The smallest absolute Gasteiger partial charge is 0.295 e. The number of aryl methyl sites for hydroxylation is 1. The zero-order valence-corrected chi connectivity index (χ0v) is 16.1. The second-order valence-electron chi connectivity index (χ2n) is 7.03. The summed E-state index contributed by atoms with van der Waals surface area (Å²) in [6, 6.07) is 13.5. The Labute approximate surface area is 172 Å². The fourth-order valence-corrected chi connectivity index (χ4v) is 3.72. The van der Waals surface area contributed by atoms with Crippen LogP contribution in [-0.4, -0.2) is 37.8 Å². The average Bonchev–Trinajstić information content (AvgIpc) is 3.37. The highest BCUT2D eigenvalue weighted by Gasteiger charge is 2.46. The summed E-state index contributed by atoms with van der Waals surface area (Å²) in [4.78, 5) is 31.0. The van der Waals surface area contributed by atoms with Crippen LogP contribution in [0.2, 0.25) is 0 Å². The van der Waals surface area contributed by atoms with Crippen molar-refractivity contribution in [2.75, 3.05) is 6.54 Å². The highest BCUT2D eigenvalue weighted by Crippen LogP contribution is 2.40. The van der Waals surface area contributed by atoms with Crippen molar-refractivity contribution in [3.05, 3.63) is 95.8 Å². The third kappa shape index (κ3) is 3.61. The molecule has 1 amide bonds. The van der Waals surface area contributed by atoms with Gasteiger partial charge in [0.05, 0.1) is 17.9 Å². The predicted octanol–water partition coefficient (Wildman–Crippen LogP) is 3.53. The molecule has 4 rings (SSSR count). The Morgan fingerprint density at radius 2 is 1.77 bits per heavy atom. The van der Waals surface area contributed by atoms with Crippen LogP contribution in [0.25, 0.3) is 5.76 Å². The van der Waals surface area contributed by atoms with E-state index in [0.29, 0.717) is 18.5 Å². The molecule has 1 saturated heterocycles. The Bertz CT molecular complexity index is 1090. The van der Waals surface area contributed by atoms with Crippen molar-refractivity contribution in [2.45, 2.75) is 19.0 Å². The molecular weight excluding hydrogens is 385 g/mol. The maximum atomic E-state index is 14.7. The Balaban J connectivity index is 1.74. The molecule has 6 nitrogen and oxygen atoms in total. The highest BCUT2D eigenvalue weighted by atomic mass is 19.1. The number of imidazole rings is 1. The van der Waals surface area contributed by atoms with E-state index in [4.69, 9.17) is 0 Å². The molecule has 1 unspecified atom stereocenters. The first-order chi connectivity index (χ1) is 14.6. The van der Waals surface area contributed by atoms with E-state index in [2.05, 4.69) is 4.98 Å². The SMILES string of the molecule is O=C1C(=O)N(CCCn2ccnc2)C(c2ccccc2F)C1=C(O)c1ccccc1. The minimum atomic E-state index is -0.991. The van der Waals surface area contributed by atoms with E-state index in [1.54, 1.807) is 61.2 Å².